The lowest BCUT2D eigenvalue weighted by atomic mass is 9.96. The summed E-state index contributed by atoms with van der Waals surface area (Å²) in [6.07, 6.45) is 1.71. The van der Waals surface area contributed by atoms with E-state index < -0.39 is 17.1 Å². The number of nitrogens with one attached hydrogen (secondary N) is 1. The molecule has 0 radical (unpaired) electrons. The second kappa shape index (κ2) is 10.6. The molecule has 0 unspecified atom stereocenters. The van der Waals surface area contributed by atoms with E-state index in [-0.39, 0.29) is 12.5 Å². The van der Waals surface area contributed by atoms with Crippen LogP contribution in [-0.2, 0) is 9.59 Å². The van der Waals surface area contributed by atoms with Crippen LogP contribution >= 0.6 is 11.8 Å². The average molecular weight is 469 g/mol. The Kier molecular flexibility index (Phi) is 7.81. The van der Waals surface area contributed by atoms with Gasteiger partial charge in [0.05, 0.1) is 18.6 Å². The zero-order valence-electron chi connectivity index (χ0n) is 19.4. The Morgan fingerprint density at radius 1 is 1.18 bits per heavy atom. The minimum Gasteiger partial charge on any atom is -0.497 e. The van der Waals surface area contributed by atoms with Crippen molar-refractivity contribution >= 4 is 40.6 Å². The van der Waals surface area contributed by atoms with Crippen LogP contribution in [0.3, 0.4) is 0 Å². The minimum atomic E-state index is -0.478. The van der Waals surface area contributed by atoms with Crippen molar-refractivity contribution in [1.29, 1.82) is 0 Å². The van der Waals surface area contributed by atoms with Crippen LogP contribution in [0.25, 0.3) is 6.08 Å². The Hall–Kier alpha value is -3.26. The first kappa shape index (κ1) is 24.4. The van der Waals surface area contributed by atoms with Crippen LogP contribution < -0.4 is 14.8 Å². The fourth-order valence-electron chi connectivity index (χ4n) is 3.40. The maximum atomic E-state index is 12.9. The van der Waals surface area contributed by atoms with Gasteiger partial charge in [0.25, 0.3) is 11.1 Å². The largest absolute Gasteiger partial charge is 0.497 e. The summed E-state index contributed by atoms with van der Waals surface area (Å²) >= 11 is 0.838. The van der Waals surface area contributed by atoms with Gasteiger partial charge in [-0.2, -0.15) is 0 Å². The molecule has 0 bridgehead atoms. The molecule has 1 fully saturated rings. The van der Waals surface area contributed by atoms with Crippen molar-refractivity contribution < 1.29 is 23.9 Å². The van der Waals surface area contributed by atoms with E-state index in [0.29, 0.717) is 22.9 Å². The molecule has 2 aromatic rings. The number of aryl methyl sites for hydroxylation is 1. The highest BCUT2D eigenvalue weighted by Crippen LogP contribution is 2.35. The molecule has 1 saturated heterocycles. The number of anilines is 1. The van der Waals surface area contributed by atoms with E-state index in [2.05, 4.69) is 19.2 Å². The standard InChI is InChI=1S/C25H28N2O5S/c1-6-32-21-11-16(4)17(12-20(21)15(2)3)13-22-24(29)27(25(30)33-22)14-23(28)26-18-7-9-19(31-5)10-8-18/h7-13,15H,6,14H2,1-5H3,(H,26,28)/b22-13+. The predicted octanol–water partition coefficient (Wildman–Crippen LogP) is 5.20. The highest BCUT2D eigenvalue weighted by atomic mass is 32.2. The molecule has 1 aliphatic rings. The topological polar surface area (TPSA) is 84.9 Å². The molecule has 0 aliphatic carbocycles. The van der Waals surface area contributed by atoms with Gasteiger partial charge in [-0.1, -0.05) is 13.8 Å². The van der Waals surface area contributed by atoms with Crippen molar-refractivity contribution in [2.24, 2.45) is 0 Å². The van der Waals surface area contributed by atoms with Gasteiger partial charge in [0, 0.05) is 5.69 Å². The molecule has 0 atom stereocenters. The van der Waals surface area contributed by atoms with Crippen LogP contribution in [0.15, 0.2) is 41.3 Å². The number of nitrogens with zero attached hydrogens (tertiary/aromatic N) is 1. The van der Waals surface area contributed by atoms with Gasteiger partial charge in [-0.25, -0.2) is 0 Å². The number of hydrogen-bond donors (Lipinski definition) is 1. The van der Waals surface area contributed by atoms with Gasteiger partial charge >= 0.3 is 0 Å². The third-order valence-electron chi connectivity index (χ3n) is 5.16. The summed E-state index contributed by atoms with van der Waals surface area (Å²) in [5.41, 5.74) is 3.36. The fraction of sp³-hybridized carbons (Fsp3) is 0.320. The lowest BCUT2D eigenvalue weighted by Gasteiger charge is -2.16. The Balaban J connectivity index is 1.76. The van der Waals surface area contributed by atoms with Crippen LogP contribution in [0.4, 0.5) is 10.5 Å². The Labute approximate surface area is 198 Å². The molecule has 174 valence electrons. The number of carbonyl (C=O) groups excluding carboxylic acids is 3. The lowest BCUT2D eigenvalue weighted by molar-refractivity contribution is -0.127. The van der Waals surface area contributed by atoms with Crippen molar-refractivity contribution in [2.75, 3.05) is 25.6 Å². The van der Waals surface area contributed by atoms with E-state index in [0.717, 1.165) is 39.1 Å². The van der Waals surface area contributed by atoms with E-state index in [1.807, 2.05) is 26.0 Å². The SMILES string of the molecule is CCOc1cc(C)c(/C=C2/SC(=O)N(CC(=O)Nc3ccc(OC)cc3)C2=O)cc1C(C)C. The minimum absolute atomic E-state index is 0.232. The van der Waals surface area contributed by atoms with Crippen LogP contribution in [-0.4, -0.2) is 42.2 Å². The van der Waals surface area contributed by atoms with Crippen molar-refractivity contribution in [3.8, 4) is 11.5 Å². The number of methoxy groups -OCH3 is 1. The summed E-state index contributed by atoms with van der Waals surface area (Å²) < 4.78 is 10.8. The lowest BCUT2D eigenvalue weighted by Crippen LogP contribution is -2.36. The molecule has 3 amide bonds. The fourth-order valence-corrected chi connectivity index (χ4v) is 4.23. The molecule has 3 rings (SSSR count). The molecular formula is C25H28N2O5S. The second-order valence-corrected chi connectivity index (χ2v) is 8.87. The van der Waals surface area contributed by atoms with Gasteiger partial charge in [0.1, 0.15) is 18.0 Å². The second-order valence-electron chi connectivity index (χ2n) is 7.88. The van der Waals surface area contributed by atoms with Crippen molar-refractivity contribution in [1.82, 2.24) is 4.90 Å². The van der Waals surface area contributed by atoms with Gasteiger partial charge in [-0.15, -0.1) is 0 Å². The van der Waals surface area contributed by atoms with Crippen LogP contribution in [0.5, 0.6) is 11.5 Å². The van der Waals surface area contributed by atoms with Crippen molar-refractivity contribution in [3.05, 3.63) is 58.0 Å². The number of imide groups is 1. The maximum absolute atomic E-state index is 12.9. The van der Waals surface area contributed by atoms with Crippen molar-refractivity contribution in [3.63, 3.8) is 0 Å². The molecule has 8 heteroatoms. The number of thioether (sulfide) groups is 1. The molecule has 1 heterocycles. The van der Waals surface area contributed by atoms with Crippen LogP contribution in [0, 0.1) is 6.92 Å². The first-order valence-electron chi connectivity index (χ1n) is 10.7. The van der Waals surface area contributed by atoms with Gasteiger partial charge in [-0.05, 0) is 90.7 Å². The number of amides is 3. The first-order valence-corrected chi connectivity index (χ1v) is 11.5. The molecule has 7 nitrogen and oxygen atoms in total. The summed E-state index contributed by atoms with van der Waals surface area (Å²) in [5.74, 6) is 0.785. The van der Waals surface area contributed by atoms with E-state index >= 15 is 0 Å². The summed E-state index contributed by atoms with van der Waals surface area (Å²) in [6, 6.07) is 10.7. The Morgan fingerprint density at radius 3 is 2.48 bits per heavy atom. The molecule has 1 N–H and O–H groups in total. The van der Waals surface area contributed by atoms with E-state index in [4.69, 9.17) is 9.47 Å². The average Bonchev–Trinajstić information content (AvgIpc) is 3.03. The molecular weight excluding hydrogens is 440 g/mol. The summed E-state index contributed by atoms with van der Waals surface area (Å²) in [4.78, 5) is 39.0. The number of carbonyl (C=O) groups is 3. The molecule has 0 aromatic heterocycles. The Morgan fingerprint density at radius 2 is 1.88 bits per heavy atom. The van der Waals surface area contributed by atoms with Gasteiger partial charge in [0.2, 0.25) is 5.91 Å². The van der Waals surface area contributed by atoms with Crippen molar-refractivity contribution in [2.45, 2.75) is 33.6 Å². The zero-order valence-corrected chi connectivity index (χ0v) is 20.2. The summed E-state index contributed by atoms with van der Waals surface area (Å²) in [7, 11) is 1.55. The van der Waals surface area contributed by atoms with Crippen LogP contribution in [0.2, 0.25) is 0 Å². The first-order chi connectivity index (χ1) is 15.7. The maximum Gasteiger partial charge on any atom is 0.294 e. The molecule has 0 saturated carbocycles. The van der Waals surface area contributed by atoms with Gasteiger partial charge < -0.3 is 14.8 Å². The van der Waals surface area contributed by atoms with E-state index in [1.54, 1.807) is 37.5 Å². The molecule has 0 spiro atoms. The third kappa shape index (κ3) is 5.76. The smallest absolute Gasteiger partial charge is 0.294 e. The summed E-state index contributed by atoms with van der Waals surface area (Å²) in [5, 5.41) is 2.22. The van der Waals surface area contributed by atoms with Gasteiger partial charge in [-0.3, -0.25) is 19.3 Å². The monoisotopic (exact) mass is 468 g/mol. The van der Waals surface area contributed by atoms with Crippen LogP contribution in [0.1, 0.15) is 43.4 Å². The molecule has 33 heavy (non-hydrogen) atoms. The quantitative estimate of drug-likeness (QED) is 0.536. The highest BCUT2D eigenvalue weighted by molar-refractivity contribution is 8.18. The van der Waals surface area contributed by atoms with Gasteiger partial charge in [0.15, 0.2) is 0 Å². The predicted molar refractivity (Wildman–Crippen MR) is 131 cm³/mol. The third-order valence-corrected chi connectivity index (χ3v) is 6.06. The number of benzene rings is 2. The van der Waals surface area contributed by atoms with E-state index in [1.165, 1.54) is 0 Å². The van der Waals surface area contributed by atoms with E-state index in [9.17, 15) is 14.4 Å². The normalized spacial score (nSPS) is 14.8. The molecule has 1 aliphatic heterocycles. The summed E-state index contributed by atoms with van der Waals surface area (Å²) in [6.45, 7) is 8.24. The zero-order chi connectivity index (χ0) is 24.1. The highest BCUT2D eigenvalue weighted by Gasteiger charge is 2.36. The number of rotatable bonds is 8. The number of ether oxygens (including phenoxy) is 2. The molecule has 2 aromatic carbocycles. The number of hydrogen-bond acceptors (Lipinski definition) is 6. The Bertz CT molecular complexity index is 1090.